The first kappa shape index (κ1) is 15.8. The molecule has 1 aliphatic heterocycles. The van der Waals surface area contributed by atoms with Crippen LogP contribution >= 0.6 is 11.6 Å². The Kier molecular flexibility index (Phi) is 5.13. The van der Waals surface area contributed by atoms with Crippen LogP contribution in [0.25, 0.3) is 0 Å². The van der Waals surface area contributed by atoms with Gasteiger partial charge in [-0.3, -0.25) is 4.79 Å². The van der Waals surface area contributed by atoms with Gasteiger partial charge in [0.1, 0.15) is 11.5 Å². The smallest absolute Gasteiger partial charge is 0.274 e. The van der Waals surface area contributed by atoms with Crippen molar-refractivity contribution in [1.82, 2.24) is 4.98 Å². The van der Waals surface area contributed by atoms with Crippen LogP contribution < -0.4 is 10.2 Å². The van der Waals surface area contributed by atoms with Gasteiger partial charge in [-0.1, -0.05) is 30.5 Å². The highest BCUT2D eigenvalue weighted by molar-refractivity contribution is 6.30. The summed E-state index contributed by atoms with van der Waals surface area (Å²) >= 11 is 5.85. The molecule has 0 saturated carbocycles. The van der Waals surface area contributed by atoms with E-state index in [0.717, 1.165) is 18.9 Å². The van der Waals surface area contributed by atoms with Crippen molar-refractivity contribution in [3.8, 4) is 0 Å². The van der Waals surface area contributed by atoms with Crippen molar-refractivity contribution >= 4 is 29.0 Å². The molecule has 1 aromatic heterocycles. The van der Waals surface area contributed by atoms with Crippen molar-refractivity contribution in [3.05, 3.63) is 53.2 Å². The van der Waals surface area contributed by atoms with E-state index in [1.54, 1.807) is 30.3 Å². The molecule has 0 unspecified atom stereocenters. The number of amides is 1. The van der Waals surface area contributed by atoms with Gasteiger partial charge in [0.15, 0.2) is 0 Å². The maximum atomic E-state index is 12.4. The monoisotopic (exact) mass is 329 g/mol. The summed E-state index contributed by atoms with van der Waals surface area (Å²) in [6, 6.07) is 12.7. The molecule has 1 aliphatic rings. The fraction of sp³-hybridized carbons (Fsp3) is 0.333. The Bertz CT molecular complexity index is 664. The predicted octanol–water partition coefficient (Wildman–Crippen LogP) is 4.37. The number of nitrogens with one attached hydrogen (secondary N) is 1. The number of hydrogen-bond donors (Lipinski definition) is 1. The zero-order valence-corrected chi connectivity index (χ0v) is 13.7. The lowest BCUT2D eigenvalue weighted by atomic mass is 10.2. The average molecular weight is 330 g/mol. The normalized spacial score (nSPS) is 15.1. The molecule has 1 fully saturated rings. The molecule has 23 heavy (non-hydrogen) atoms. The van der Waals surface area contributed by atoms with E-state index in [-0.39, 0.29) is 5.91 Å². The number of anilines is 2. The summed E-state index contributed by atoms with van der Waals surface area (Å²) in [6.45, 7) is 2.02. The number of rotatable bonds is 3. The number of carbonyl (C=O) groups excluding carboxylic acids is 1. The van der Waals surface area contributed by atoms with Gasteiger partial charge in [0, 0.05) is 23.8 Å². The van der Waals surface area contributed by atoms with Crippen molar-refractivity contribution in [2.45, 2.75) is 25.7 Å². The lowest BCUT2D eigenvalue weighted by molar-refractivity contribution is 0.102. The molecule has 0 radical (unpaired) electrons. The maximum absolute atomic E-state index is 12.4. The first-order valence-electron chi connectivity index (χ1n) is 8.01. The van der Waals surface area contributed by atoms with Crippen LogP contribution in [0.5, 0.6) is 0 Å². The summed E-state index contributed by atoms with van der Waals surface area (Å²) in [5.74, 6) is 0.680. The van der Waals surface area contributed by atoms with Crippen LogP contribution in [0.2, 0.25) is 5.02 Å². The van der Waals surface area contributed by atoms with Crippen LogP contribution in [-0.2, 0) is 0 Å². The van der Waals surface area contributed by atoms with Crippen LogP contribution in [0.15, 0.2) is 42.5 Å². The molecule has 4 nitrogen and oxygen atoms in total. The fourth-order valence-electron chi connectivity index (χ4n) is 2.75. The Labute approximate surface area is 141 Å². The Morgan fingerprint density at radius 3 is 2.39 bits per heavy atom. The first-order valence-corrected chi connectivity index (χ1v) is 8.39. The SMILES string of the molecule is O=C(Nc1ccc(Cl)cc1)c1cccc(N2CCCCCC2)n1. The van der Waals surface area contributed by atoms with Gasteiger partial charge in [-0.05, 0) is 49.2 Å². The lowest BCUT2D eigenvalue weighted by Crippen LogP contribution is -2.25. The third-order valence-corrected chi connectivity index (χ3v) is 4.25. The summed E-state index contributed by atoms with van der Waals surface area (Å²) < 4.78 is 0. The van der Waals surface area contributed by atoms with E-state index in [9.17, 15) is 4.79 Å². The van der Waals surface area contributed by atoms with E-state index < -0.39 is 0 Å². The van der Waals surface area contributed by atoms with Crippen LogP contribution in [0.1, 0.15) is 36.2 Å². The van der Waals surface area contributed by atoms with Gasteiger partial charge in [-0.15, -0.1) is 0 Å². The number of halogens is 1. The molecule has 1 N–H and O–H groups in total. The molecule has 1 aromatic carbocycles. The molecule has 120 valence electrons. The maximum Gasteiger partial charge on any atom is 0.274 e. The van der Waals surface area contributed by atoms with Crippen molar-refractivity contribution in [2.75, 3.05) is 23.3 Å². The lowest BCUT2D eigenvalue weighted by Gasteiger charge is -2.21. The standard InChI is InChI=1S/C18H20ClN3O/c19-14-8-10-15(11-9-14)20-18(23)16-6-5-7-17(21-16)22-12-3-1-2-4-13-22/h5-11H,1-4,12-13H2,(H,20,23). The highest BCUT2D eigenvalue weighted by Crippen LogP contribution is 2.19. The minimum absolute atomic E-state index is 0.205. The first-order chi connectivity index (χ1) is 11.2. The zero-order chi connectivity index (χ0) is 16.1. The van der Waals surface area contributed by atoms with Gasteiger partial charge in [-0.25, -0.2) is 4.98 Å². The number of benzene rings is 1. The van der Waals surface area contributed by atoms with Crippen molar-refractivity contribution < 1.29 is 4.79 Å². The second-order valence-electron chi connectivity index (χ2n) is 5.74. The van der Waals surface area contributed by atoms with Gasteiger partial charge < -0.3 is 10.2 Å². The molecule has 0 atom stereocenters. The third-order valence-electron chi connectivity index (χ3n) is 4.00. The van der Waals surface area contributed by atoms with Crippen LogP contribution in [0.3, 0.4) is 0 Å². The summed E-state index contributed by atoms with van der Waals surface area (Å²) in [6.07, 6.45) is 4.91. The average Bonchev–Trinajstić information content (AvgIpc) is 2.86. The quantitative estimate of drug-likeness (QED) is 0.909. The van der Waals surface area contributed by atoms with Crippen LogP contribution in [-0.4, -0.2) is 24.0 Å². The second kappa shape index (κ2) is 7.47. The molecular weight excluding hydrogens is 310 g/mol. The van der Waals surface area contributed by atoms with Gasteiger partial charge in [0.25, 0.3) is 5.91 Å². The van der Waals surface area contributed by atoms with E-state index >= 15 is 0 Å². The number of carbonyl (C=O) groups is 1. The van der Waals surface area contributed by atoms with Gasteiger partial charge >= 0.3 is 0 Å². The molecule has 3 rings (SSSR count). The van der Waals surface area contributed by atoms with E-state index in [2.05, 4.69) is 15.2 Å². The molecule has 0 bridgehead atoms. The molecule has 1 amide bonds. The van der Waals surface area contributed by atoms with Crippen molar-refractivity contribution in [3.63, 3.8) is 0 Å². The fourth-order valence-corrected chi connectivity index (χ4v) is 2.88. The number of nitrogens with zero attached hydrogens (tertiary/aromatic N) is 2. The largest absolute Gasteiger partial charge is 0.357 e. The molecule has 5 heteroatoms. The van der Waals surface area contributed by atoms with Crippen LogP contribution in [0, 0.1) is 0 Å². The molecule has 2 aromatic rings. The molecule has 0 spiro atoms. The molecular formula is C18H20ClN3O. The summed E-state index contributed by atoms with van der Waals surface area (Å²) in [7, 11) is 0. The summed E-state index contributed by atoms with van der Waals surface area (Å²) in [5.41, 5.74) is 1.14. The highest BCUT2D eigenvalue weighted by Gasteiger charge is 2.14. The second-order valence-corrected chi connectivity index (χ2v) is 6.18. The number of aromatic nitrogens is 1. The van der Waals surface area contributed by atoms with E-state index in [1.807, 2.05) is 12.1 Å². The molecule has 2 heterocycles. The summed E-state index contributed by atoms with van der Waals surface area (Å²) in [4.78, 5) is 19.2. The Morgan fingerprint density at radius 1 is 1.00 bits per heavy atom. The third kappa shape index (κ3) is 4.23. The van der Waals surface area contributed by atoms with E-state index in [4.69, 9.17) is 11.6 Å². The topological polar surface area (TPSA) is 45.2 Å². The number of pyridine rings is 1. The minimum Gasteiger partial charge on any atom is -0.357 e. The van der Waals surface area contributed by atoms with E-state index in [1.165, 1.54) is 25.7 Å². The Balaban J connectivity index is 1.73. The minimum atomic E-state index is -0.205. The predicted molar refractivity (Wildman–Crippen MR) is 94.3 cm³/mol. The molecule has 0 aliphatic carbocycles. The number of hydrogen-bond acceptors (Lipinski definition) is 3. The van der Waals surface area contributed by atoms with Crippen molar-refractivity contribution in [1.29, 1.82) is 0 Å². The molecule has 1 saturated heterocycles. The van der Waals surface area contributed by atoms with Gasteiger partial charge in [-0.2, -0.15) is 0 Å². The van der Waals surface area contributed by atoms with E-state index in [0.29, 0.717) is 16.4 Å². The van der Waals surface area contributed by atoms with Gasteiger partial charge in [0.05, 0.1) is 0 Å². The Hall–Kier alpha value is -2.07. The van der Waals surface area contributed by atoms with Crippen molar-refractivity contribution in [2.24, 2.45) is 0 Å². The summed E-state index contributed by atoms with van der Waals surface area (Å²) in [5, 5.41) is 3.49. The zero-order valence-electron chi connectivity index (χ0n) is 13.0. The Morgan fingerprint density at radius 2 is 1.70 bits per heavy atom. The highest BCUT2D eigenvalue weighted by atomic mass is 35.5. The van der Waals surface area contributed by atoms with Crippen LogP contribution in [0.4, 0.5) is 11.5 Å². The van der Waals surface area contributed by atoms with Gasteiger partial charge in [0.2, 0.25) is 0 Å².